The number of rotatable bonds is 9. The molecule has 0 fully saturated rings. The van der Waals surface area contributed by atoms with Crippen LogP contribution in [0.2, 0.25) is 0 Å². The number of nitro benzene ring substituents is 3. The van der Waals surface area contributed by atoms with Gasteiger partial charge >= 0.3 is 17.1 Å². The molecule has 0 spiro atoms. The third-order valence-electron chi connectivity index (χ3n) is 2.70. The van der Waals surface area contributed by atoms with Crippen molar-refractivity contribution in [3.63, 3.8) is 0 Å². The van der Waals surface area contributed by atoms with E-state index >= 15 is 0 Å². The highest BCUT2D eigenvalue weighted by molar-refractivity contribution is 5.82. The number of hydrogen-bond donors (Lipinski definition) is 0. The van der Waals surface area contributed by atoms with Gasteiger partial charge in [-0.1, -0.05) is 0 Å². The van der Waals surface area contributed by atoms with Crippen molar-refractivity contribution < 1.29 is 29.0 Å². The van der Waals surface area contributed by atoms with E-state index in [9.17, 15) is 30.3 Å². The second-order valence-electron chi connectivity index (χ2n) is 4.10. The van der Waals surface area contributed by atoms with Gasteiger partial charge in [-0.2, -0.15) is 0 Å². The Kier molecular flexibility index (Phi) is 6.21. The van der Waals surface area contributed by atoms with Gasteiger partial charge in [0, 0.05) is 0 Å². The van der Waals surface area contributed by atoms with E-state index < -0.39 is 49.1 Å². The number of ether oxygens (including phenoxy) is 3. The molecule has 0 aromatic heterocycles. The third-order valence-corrected chi connectivity index (χ3v) is 2.70. The monoisotopic (exact) mass is 345 g/mol. The molecule has 0 saturated carbocycles. The van der Waals surface area contributed by atoms with E-state index in [-0.39, 0.29) is 19.8 Å². The zero-order valence-electron chi connectivity index (χ0n) is 13.1. The average Bonchev–Trinajstić information content (AvgIpc) is 2.46. The summed E-state index contributed by atoms with van der Waals surface area (Å²) in [7, 11) is 0. The Morgan fingerprint density at radius 1 is 0.625 bits per heavy atom. The van der Waals surface area contributed by atoms with Gasteiger partial charge in [0.15, 0.2) is 0 Å². The van der Waals surface area contributed by atoms with Crippen molar-refractivity contribution in [2.24, 2.45) is 0 Å². The van der Waals surface area contributed by atoms with Crippen LogP contribution >= 0.6 is 0 Å². The van der Waals surface area contributed by atoms with E-state index in [0.29, 0.717) is 0 Å². The van der Waals surface area contributed by atoms with Gasteiger partial charge in [-0.25, -0.2) is 0 Å². The van der Waals surface area contributed by atoms with Crippen LogP contribution in [0, 0.1) is 30.3 Å². The van der Waals surface area contributed by atoms with E-state index in [0.717, 1.165) is 0 Å². The lowest BCUT2D eigenvalue weighted by Gasteiger charge is -2.13. The minimum Gasteiger partial charge on any atom is -0.482 e. The summed E-state index contributed by atoms with van der Waals surface area (Å²) >= 11 is 0. The van der Waals surface area contributed by atoms with Crippen LogP contribution in [0.15, 0.2) is 0 Å². The van der Waals surface area contributed by atoms with Crippen molar-refractivity contribution in [3.8, 4) is 17.2 Å². The van der Waals surface area contributed by atoms with Crippen LogP contribution < -0.4 is 14.2 Å². The number of nitro groups is 3. The van der Waals surface area contributed by atoms with Gasteiger partial charge in [-0.3, -0.25) is 30.3 Å². The van der Waals surface area contributed by atoms with Gasteiger partial charge in [-0.15, -0.1) is 0 Å². The van der Waals surface area contributed by atoms with Crippen LogP contribution in [-0.4, -0.2) is 34.6 Å². The van der Waals surface area contributed by atoms with Gasteiger partial charge in [-0.05, 0) is 20.8 Å². The minimum absolute atomic E-state index is 0.142. The molecule has 24 heavy (non-hydrogen) atoms. The highest BCUT2D eigenvalue weighted by atomic mass is 16.7. The van der Waals surface area contributed by atoms with Crippen molar-refractivity contribution in [3.05, 3.63) is 30.3 Å². The van der Waals surface area contributed by atoms with Crippen LogP contribution in [0.4, 0.5) is 17.1 Å². The predicted octanol–water partition coefficient (Wildman–Crippen LogP) is 2.61. The minimum atomic E-state index is -1.02. The maximum atomic E-state index is 11.4. The lowest BCUT2D eigenvalue weighted by Crippen LogP contribution is -2.10. The topological polar surface area (TPSA) is 157 Å². The maximum absolute atomic E-state index is 11.4. The molecule has 0 saturated heterocycles. The van der Waals surface area contributed by atoms with Gasteiger partial charge < -0.3 is 14.2 Å². The maximum Gasteiger partial charge on any atom is 0.367 e. The molecule has 0 aliphatic carbocycles. The molecule has 0 radical (unpaired) electrons. The zero-order valence-corrected chi connectivity index (χ0v) is 13.1. The predicted molar refractivity (Wildman–Crippen MR) is 79.9 cm³/mol. The van der Waals surface area contributed by atoms with Crippen LogP contribution in [0.5, 0.6) is 17.2 Å². The molecule has 132 valence electrons. The van der Waals surface area contributed by atoms with Crippen LogP contribution in [0.1, 0.15) is 20.8 Å². The summed E-state index contributed by atoms with van der Waals surface area (Å²) in [6.07, 6.45) is 0. The largest absolute Gasteiger partial charge is 0.482 e. The smallest absolute Gasteiger partial charge is 0.367 e. The van der Waals surface area contributed by atoms with Crippen molar-refractivity contribution in [2.45, 2.75) is 20.8 Å². The molecular weight excluding hydrogens is 330 g/mol. The van der Waals surface area contributed by atoms with Crippen LogP contribution in [0.25, 0.3) is 0 Å². The number of nitrogens with zero attached hydrogens (tertiary/aromatic N) is 3. The molecule has 0 N–H and O–H groups in total. The lowest BCUT2D eigenvalue weighted by molar-refractivity contribution is -0.407. The van der Waals surface area contributed by atoms with Crippen molar-refractivity contribution >= 4 is 17.1 Å². The lowest BCUT2D eigenvalue weighted by atomic mass is 10.1. The molecule has 12 nitrogen and oxygen atoms in total. The Morgan fingerprint density at radius 2 is 0.833 bits per heavy atom. The summed E-state index contributed by atoms with van der Waals surface area (Å²) in [6, 6.07) is 0. The first kappa shape index (κ1) is 18.9. The Balaban J connectivity index is 4.09. The quantitative estimate of drug-likeness (QED) is 0.484. The van der Waals surface area contributed by atoms with Crippen LogP contribution in [-0.2, 0) is 0 Å². The molecule has 0 bridgehead atoms. The summed E-state index contributed by atoms with van der Waals surface area (Å²) in [4.78, 5) is 31.0. The first-order chi connectivity index (χ1) is 11.3. The zero-order chi connectivity index (χ0) is 18.4. The summed E-state index contributed by atoms with van der Waals surface area (Å²) in [5, 5.41) is 34.1. The Morgan fingerprint density at radius 3 is 0.958 bits per heavy atom. The first-order valence-electron chi connectivity index (χ1n) is 6.87. The molecular formula is C12H15N3O9. The van der Waals surface area contributed by atoms with Gasteiger partial charge in [0.2, 0.25) is 0 Å². The Bertz CT molecular complexity index is 563. The SMILES string of the molecule is CCOc1c([N+](=O)[O-])c(OCC)c([N+](=O)[O-])c(OCC)c1[N+](=O)[O-]. The van der Waals surface area contributed by atoms with Gasteiger partial charge in [0.1, 0.15) is 0 Å². The average molecular weight is 345 g/mol. The van der Waals surface area contributed by atoms with Gasteiger partial charge in [0.25, 0.3) is 17.2 Å². The highest BCUT2D eigenvalue weighted by Crippen LogP contribution is 2.56. The fourth-order valence-electron chi connectivity index (χ4n) is 1.99. The standard InChI is InChI=1S/C12H15N3O9/c1-4-22-10-7(13(16)17)11(23-5-2)9(15(20)21)12(24-6-3)8(10)14(18)19/h4-6H2,1-3H3. The van der Waals surface area contributed by atoms with E-state index in [1.165, 1.54) is 20.8 Å². The summed E-state index contributed by atoms with van der Waals surface area (Å²) in [6.45, 7) is 3.94. The molecule has 0 heterocycles. The van der Waals surface area contributed by atoms with E-state index in [2.05, 4.69) is 0 Å². The molecule has 0 aliphatic rings. The molecule has 1 aromatic rings. The number of benzene rings is 1. The van der Waals surface area contributed by atoms with Crippen LogP contribution in [0.3, 0.4) is 0 Å². The first-order valence-corrected chi connectivity index (χ1v) is 6.87. The van der Waals surface area contributed by atoms with E-state index in [1.807, 2.05) is 0 Å². The summed E-state index contributed by atoms with van der Waals surface area (Å²) < 4.78 is 15.1. The Labute approximate surface area is 135 Å². The Hall–Kier alpha value is -3.18. The third kappa shape index (κ3) is 3.42. The molecule has 12 heteroatoms. The van der Waals surface area contributed by atoms with Gasteiger partial charge in [0.05, 0.1) is 34.6 Å². The molecule has 0 unspecified atom stereocenters. The fraction of sp³-hybridized carbons (Fsp3) is 0.500. The molecule has 1 rings (SSSR count). The van der Waals surface area contributed by atoms with Crippen molar-refractivity contribution in [2.75, 3.05) is 19.8 Å². The summed E-state index contributed by atoms with van der Waals surface area (Å²) in [5.41, 5.74) is -2.96. The molecule has 0 aliphatic heterocycles. The van der Waals surface area contributed by atoms with Crippen molar-refractivity contribution in [1.82, 2.24) is 0 Å². The number of hydrogen-bond acceptors (Lipinski definition) is 9. The van der Waals surface area contributed by atoms with Crippen molar-refractivity contribution in [1.29, 1.82) is 0 Å². The van der Waals surface area contributed by atoms with E-state index in [1.54, 1.807) is 0 Å². The molecule has 0 amide bonds. The summed E-state index contributed by atoms with van der Waals surface area (Å²) in [5.74, 6) is -2.24. The molecule has 1 aromatic carbocycles. The normalized spacial score (nSPS) is 10.1. The molecule has 0 atom stereocenters. The second kappa shape index (κ2) is 7.89. The second-order valence-corrected chi connectivity index (χ2v) is 4.10. The highest BCUT2D eigenvalue weighted by Gasteiger charge is 2.46. The fourth-order valence-corrected chi connectivity index (χ4v) is 1.99. The van der Waals surface area contributed by atoms with E-state index in [4.69, 9.17) is 14.2 Å².